The summed E-state index contributed by atoms with van der Waals surface area (Å²) in [6.45, 7) is 0.117. The molecule has 184 valence electrons. The van der Waals surface area contributed by atoms with Crippen molar-refractivity contribution in [2.24, 2.45) is 5.41 Å². The lowest BCUT2D eigenvalue weighted by Crippen LogP contribution is -2.73. The summed E-state index contributed by atoms with van der Waals surface area (Å²) >= 11 is 0. The van der Waals surface area contributed by atoms with Gasteiger partial charge >= 0.3 is 12.1 Å². The summed E-state index contributed by atoms with van der Waals surface area (Å²) < 4.78 is 24.8. The number of benzene rings is 3. The van der Waals surface area contributed by atoms with Gasteiger partial charge in [-0.3, -0.25) is 0 Å². The molecule has 3 aromatic rings. The third-order valence-corrected chi connectivity index (χ3v) is 8.26. The summed E-state index contributed by atoms with van der Waals surface area (Å²) in [7, 11) is 1.49. The van der Waals surface area contributed by atoms with Crippen LogP contribution in [0, 0.1) is 11.2 Å². The molecule has 0 heterocycles. The molecule has 0 radical (unpaired) electrons. The third kappa shape index (κ3) is 3.37. The number of methoxy groups -OCH3 is 1. The van der Waals surface area contributed by atoms with Gasteiger partial charge in [0.2, 0.25) is 0 Å². The zero-order valence-electron chi connectivity index (χ0n) is 19.8. The average molecular weight is 488 g/mol. The lowest BCUT2D eigenvalue weighted by molar-refractivity contribution is -0.183. The number of fused-ring (bicyclic) bond motifs is 3. The van der Waals surface area contributed by atoms with E-state index in [0.717, 1.165) is 27.8 Å². The monoisotopic (exact) mass is 487 g/mol. The van der Waals surface area contributed by atoms with Gasteiger partial charge in [0.05, 0.1) is 7.11 Å². The topological polar surface area (TPSA) is 84.9 Å². The van der Waals surface area contributed by atoms with E-state index >= 15 is 0 Å². The van der Waals surface area contributed by atoms with E-state index in [1.807, 2.05) is 36.4 Å². The molecule has 0 spiro atoms. The van der Waals surface area contributed by atoms with Crippen LogP contribution in [0.25, 0.3) is 11.1 Å². The predicted molar refractivity (Wildman–Crippen MR) is 131 cm³/mol. The quantitative estimate of drug-likeness (QED) is 0.476. The van der Waals surface area contributed by atoms with Crippen molar-refractivity contribution in [3.05, 3.63) is 89.2 Å². The zero-order chi connectivity index (χ0) is 25.1. The Labute approximate surface area is 208 Å². The number of halogens is 1. The number of amides is 1. The highest BCUT2D eigenvalue weighted by Gasteiger charge is 2.72. The number of hydrogen-bond acceptors (Lipinski definition) is 4. The van der Waals surface area contributed by atoms with Gasteiger partial charge in [0.25, 0.3) is 0 Å². The molecule has 3 saturated carbocycles. The average Bonchev–Trinajstić information content (AvgIpc) is 3.13. The number of rotatable bonds is 7. The number of alkyl carbamates (subject to hydrolysis) is 1. The van der Waals surface area contributed by atoms with Gasteiger partial charge in [-0.1, -0.05) is 48.5 Å². The molecule has 2 bridgehead atoms. The Kier molecular flexibility index (Phi) is 5.07. The summed E-state index contributed by atoms with van der Waals surface area (Å²) in [6.07, 6.45) is 0.948. The van der Waals surface area contributed by atoms with Gasteiger partial charge < -0.3 is 19.9 Å². The van der Waals surface area contributed by atoms with Gasteiger partial charge in [0.1, 0.15) is 24.2 Å². The van der Waals surface area contributed by atoms with E-state index in [9.17, 15) is 19.1 Å². The molecular weight excluding hydrogens is 461 g/mol. The molecule has 2 N–H and O–H groups in total. The highest BCUT2D eigenvalue weighted by molar-refractivity contribution is 5.82. The van der Waals surface area contributed by atoms with Crippen molar-refractivity contribution < 1.29 is 28.6 Å². The van der Waals surface area contributed by atoms with Gasteiger partial charge in [0, 0.05) is 17.4 Å². The van der Waals surface area contributed by atoms with Crippen LogP contribution in [0.4, 0.5) is 9.18 Å². The van der Waals surface area contributed by atoms with Crippen LogP contribution in [0.2, 0.25) is 0 Å². The molecule has 4 aliphatic rings. The first-order chi connectivity index (χ1) is 17.3. The molecule has 3 fully saturated rings. The Morgan fingerprint density at radius 1 is 1.03 bits per heavy atom. The first kappa shape index (κ1) is 22.6. The fourth-order valence-corrected chi connectivity index (χ4v) is 6.70. The van der Waals surface area contributed by atoms with Gasteiger partial charge in [-0.15, -0.1) is 0 Å². The van der Waals surface area contributed by atoms with E-state index in [4.69, 9.17) is 9.47 Å². The van der Waals surface area contributed by atoms with E-state index < -0.39 is 23.5 Å². The summed E-state index contributed by atoms with van der Waals surface area (Å²) in [5.41, 5.74) is 4.41. The van der Waals surface area contributed by atoms with Gasteiger partial charge in [-0.25, -0.2) is 14.0 Å². The highest BCUT2D eigenvalue weighted by atomic mass is 19.1. The zero-order valence-corrected chi connectivity index (χ0v) is 19.8. The molecule has 7 rings (SSSR count). The van der Waals surface area contributed by atoms with Crippen molar-refractivity contribution in [2.45, 2.75) is 36.6 Å². The molecule has 7 heteroatoms. The molecule has 4 aliphatic carbocycles. The van der Waals surface area contributed by atoms with Crippen molar-refractivity contribution in [1.82, 2.24) is 5.32 Å². The second-order valence-corrected chi connectivity index (χ2v) is 10.3. The maximum absolute atomic E-state index is 14.0. The van der Waals surface area contributed by atoms with Gasteiger partial charge in [-0.2, -0.15) is 0 Å². The fourth-order valence-electron chi connectivity index (χ4n) is 6.70. The summed E-state index contributed by atoms with van der Waals surface area (Å²) in [5.74, 6) is -1.13. The highest BCUT2D eigenvalue weighted by Crippen LogP contribution is 2.75. The van der Waals surface area contributed by atoms with E-state index in [-0.39, 0.29) is 23.8 Å². The Hall–Kier alpha value is -3.87. The summed E-state index contributed by atoms with van der Waals surface area (Å²) in [5, 5.41) is 12.5. The van der Waals surface area contributed by atoms with Crippen LogP contribution < -0.4 is 10.1 Å². The molecule has 1 unspecified atom stereocenters. The van der Waals surface area contributed by atoms with E-state index in [2.05, 4.69) is 17.4 Å². The molecule has 1 amide bonds. The van der Waals surface area contributed by atoms with Gasteiger partial charge in [-0.05, 0) is 64.6 Å². The number of ether oxygens (including phenoxy) is 2. The smallest absolute Gasteiger partial charge is 0.407 e. The molecule has 3 aromatic carbocycles. The van der Waals surface area contributed by atoms with E-state index in [1.165, 1.54) is 19.2 Å². The fraction of sp³-hybridized carbons (Fsp3) is 0.310. The van der Waals surface area contributed by atoms with E-state index in [1.54, 1.807) is 6.07 Å². The number of aliphatic carboxylic acids is 1. The lowest BCUT2D eigenvalue weighted by atomic mass is 9.31. The molecule has 0 aliphatic heterocycles. The maximum Gasteiger partial charge on any atom is 0.407 e. The Morgan fingerprint density at radius 2 is 1.64 bits per heavy atom. The number of carbonyl (C=O) groups excluding carboxylic acids is 1. The largest absolute Gasteiger partial charge is 0.497 e. The molecule has 36 heavy (non-hydrogen) atoms. The van der Waals surface area contributed by atoms with Crippen molar-refractivity contribution >= 4 is 12.1 Å². The van der Waals surface area contributed by atoms with E-state index in [0.29, 0.717) is 25.0 Å². The second kappa shape index (κ2) is 8.08. The number of hydrogen-bond donors (Lipinski definition) is 2. The first-order valence-corrected chi connectivity index (χ1v) is 12.0. The van der Waals surface area contributed by atoms with Crippen LogP contribution in [-0.4, -0.2) is 36.9 Å². The Bertz CT molecular complexity index is 1320. The molecule has 0 aromatic heterocycles. The van der Waals surface area contributed by atoms with Crippen molar-refractivity contribution in [3.8, 4) is 16.9 Å². The van der Waals surface area contributed by atoms with Crippen LogP contribution in [-0.2, 0) is 14.9 Å². The molecule has 0 saturated heterocycles. The first-order valence-electron chi connectivity index (χ1n) is 12.0. The van der Waals surface area contributed by atoms with Crippen LogP contribution >= 0.6 is 0 Å². The SMILES string of the molecule is COc1cc(F)cc(C23CC(C(NC(=O)OCC4c5ccccc5-c5ccccc54)C(=O)O)(C2)C3)c1. The normalized spacial score (nSPS) is 23.9. The van der Waals surface area contributed by atoms with Crippen molar-refractivity contribution in [3.63, 3.8) is 0 Å². The lowest BCUT2D eigenvalue weighted by Gasteiger charge is -2.72. The number of carbonyl (C=O) groups is 2. The van der Waals surface area contributed by atoms with Gasteiger partial charge in [0.15, 0.2) is 0 Å². The number of carboxylic acid groups (broad SMARTS) is 1. The molecule has 1 atom stereocenters. The maximum atomic E-state index is 14.0. The van der Waals surface area contributed by atoms with Crippen molar-refractivity contribution in [1.29, 1.82) is 0 Å². The number of nitrogens with one attached hydrogen (secondary N) is 1. The second-order valence-electron chi connectivity index (χ2n) is 10.3. The minimum absolute atomic E-state index is 0.104. The standard InChI is InChI=1S/C29H26FNO5/c1-35-19-11-17(10-18(30)12-19)28-14-29(15-28,16-28)25(26(32)33)31-27(34)36-13-24-22-8-4-2-6-20(22)21-7-3-5-9-23(21)24/h2-12,24-25H,13-16H2,1H3,(H,31,34)(H,32,33). The van der Waals surface area contributed by atoms with Crippen LogP contribution in [0.15, 0.2) is 66.7 Å². The summed E-state index contributed by atoms with van der Waals surface area (Å²) in [4.78, 5) is 24.9. The third-order valence-electron chi connectivity index (χ3n) is 8.26. The Morgan fingerprint density at radius 3 is 2.22 bits per heavy atom. The molecule has 6 nitrogen and oxygen atoms in total. The van der Waals surface area contributed by atoms with Crippen molar-refractivity contribution in [2.75, 3.05) is 13.7 Å². The minimum Gasteiger partial charge on any atom is -0.497 e. The number of carboxylic acids is 1. The van der Waals surface area contributed by atoms with Crippen LogP contribution in [0.5, 0.6) is 5.75 Å². The summed E-state index contributed by atoms with van der Waals surface area (Å²) in [6, 6.07) is 19.6. The Balaban J connectivity index is 1.13. The minimum atomic E-state index is -1.09. The van der Waals surface area contributed by atoms with Crippen LogP contribution in [0.3, 0.4) is 0 Å². The molecular formula is C29H26FNO5. The predicted octanol–water partition coefficient (Wildman–Crippen LogP) is 5.25. The van der Waals surface area contributed by atoms with Crippen LogP contribution in [0.1, 0.15) is 41.9 Å².